The summed E-state index contributed by atoms with van der Waals surface area (Å²) in [5.41, 5.74) is -0.223. The highest BCUT2D eigenvalue weighted by molar-refractivity contribution is 8.00. The average molecular weight is 187 g/mol. The molecule has 1 saturated heterocycles. The molecule has 1 rings (SSSR count). The van der Waals surface area contributed by atoms with Gasteiger partial charge in [-0.15, -0.1) is 11.8 Å². The summed E-state index contributed by atoms with van der Waals surface area (Å²) in [5, 5.41) is 0.372. The van der Waals surface area contributed by atoms with Gasteiger partial charge < -0.3 is 4.90 Å². The maximum atomic E-state index is 11.8. The molecule has 0 aromatic heterocycles. The highest BCUT2D eigenvalue weighted by atomic mass is 32.2. The van der Waals surface area contributed by atoms with Gasteiger partial charge in [0.2, 0.25) is 5.91 Å². The van der Waals surface area contributed by atoms with Crippen molar-refractivity contribution in [3.8, 4) is 0 Å². The van der Waals surface area contributed by atoms with Crippen molar-refractivity contribution in [1.29, 1.82) is 0 Å². The fourth-order valence-corrected chi connectivity index (χ4v) is 2.32. The Hall–Kier alpha value is -0.180. The fraction of sp³-hybridized carbons (Fsp3) is 0.889. The standard InChI is InChI=1S/C9H17NOS/c1-7-10(5-6-12-7)8(11)9(2,3)4/h7H,5-6H2,1-4H3. The molecule has 1 aliphatic heterocycles. The van der Waals surface area contributed by atoms with Gasteiger partial charge in [-0.1, -0.05) is 20.8 Å². The summed E-state index contributed by atoms with van der Waals surface area (Å²) in [5.74, 6) is 1.36. The predicted molar refractivity (Wildman–Crippen MR) is 53.1 cm³/mol. The van der Waals surface area contributed by atoms with Crippen LogP contribution in [-0.2, 0) is 4.79 Å². The van der Waals surface area contributed by atoms with Crippen molar-refractivity contribution in [2.45, 2.75) is 33.1 Å². The SMILES string of the molecule is CC1SCCN1C(=O)C(C)(C)C. The van der Waals surface area contributed by atoms with Crippen LogP contribution in [-0.4, -0.2) is 28.5 Å². The summed E-state index contributed by atoms with van der Waals surface area (Å²) >= 11 is 1.85. The number of thioether (sulfide) groups is 1. The van der Waals surface area contributed by atoms with Crippen LogP contribution in [0.1, 0.15) is 27.7 Å². The zero-order valence-electron chi connectivity index (χ0n) is 8.26. The van der Waals surface area contributed by atoms with Crippen molar-refractivity contribution in [1.82, 2.24) is 4.90 Å². The summed E-state index contributed by atoms with van der Waals surface area (Å²) in [6, 6.07) is 0. The van der Waals surface area contributed by atoms with E-state index in [1.807, 2.05) is 37.4 Å². The van der Waals surface area contributed by atoms with Crippen LogP contribution in [0.15, 0.2) is 0 Å². The fourth-order valence-electron chi connectivity index (χ4n) is 1.29. The largest absolute Gasteiger partial charge is 0.330 e. The Kier molecular flexibility index (Phi) is 2.71. The first-order valence-corrected chi connectivity index (χ1v) is 5.40. The third-order valence-corrected chi connectivity index (χ3v) is 3.19. The minimum atomic E-state index is -0.223. The Morgan fingerprint density at radius 3 is 2.42 bits per heavy atom. The zero-order valence-corrected chi connectivity index (χ0v) is 9.07. The molecule has 0 N–H and O–H groups in total. The van der Waals surface area contributed by atoms with Gasteiger partial charge in [-0.3, -0.25) is 4.79 Å². The Morgan fingerprint density at radius 1 is 1.50 bits per heavy atom. The molecule has 1 atom stereocenters. The van der Waals surface area contributed by atoms with Crippen molar-refractivity contribution in [2.75, 3.05) is 12.3 Å². The lowest BCUT2D eigenvalue weighted by Gasteiger charge is -2.28. The number of carbonyl (C=O) groups is 1. The highest BCUT2D eigenvalue weighted by Crippen LogP contribution is 2.28. The molecular weight excluding hydrogens is 170 g/mol. The molecule has 12 heavy (non-hydrogen) atoms. The van der Waals surface area contributed by atoms with E-state index in [-0.39, 0.29) is 11.3 Å². The van der Waals surface area contributed by atoms with Gasteiger partial charge in [0.25, 0.3) is 0 Å². The lowest BCUT2D eigenvalue weighted by molar-refractivity contribution is -0.139. The summed E-state index contributed by atoms with van der Waals surface area (Å²) in [6.07, 6.45) is 0. The Labute approximate surface area is 78.7 Å². The Balaban J connectivity index is 2.64. The summed E-state index contributed by atoms with van der Waals surface area (Å²) in [4.78, 5) is 13.8. The molecule has 0 aromatic carbocycles. The molecule has 0 bridgehead atoms. The quantitative estimate of drug-likeness (QED) is 0.578. The monoisotopic (exact) mass is 187 g/mol. The van der Waals surface area contributed by atoms with Crippen molar-refractivity contribution in [2.24, 2.45) is 5.41 Å². The molecular formula is C9H17NOS. The number of amides is 1. The van der Waals surface area contributed by atoms with Gasteiger partial charge in [-0.2, -0.15) is 0 Å². The summed E-state index contributed by atoms with van der Waals surface area (Å²) < 4.78 is 0. The zero-order chi connectivity index (χ0) is 9.35. The molecule has 0 aromatic rings. The van der Waals surface area contributed by atoms with Crippen molar-refractivity contribution < 1.29 is 4.79 Å². The van der Waals surface area contributed by atoms with E-state index in [4.69, 9.17) is 0 Å². The second-order valence-electron chi connectivity index (χ2n) is 4.22. The first kappa shape index (κ1) is 9.90. The van der Waals surface area contributed by atoms with Crippen molar-refractivity contribution >= 4 is 17.7 Å². The van der Waals surface area contributed by atoms with E-state index in [0.29, 0.717) is 5.37 Å². The van der Waals surface area contributed by atoms with E-state index >= 15 is 0 Å². The predicted octanol–water partition coefficient (Wildman–Crippen LogP) is 1.95. The van der Waals surface area contributed by atoms with E-state index in [1.165, 1.54) is 0 Å². The first-order chi connectivity index (χ1) is 5.43. The number of nitrogens with zero attached hydrogens (tertiary/aromatic N) is 1. The molecule has 1 amide bonds. The van der Waals surface area contributed by atoms with Crippen molar-refractivity contribution in [3.05, 3.63) is 0 Å². The van der Waals surface area contributed by atoms with E-state index in [2.05, 4.69) is 6.92 Å². The third-order valence-electron chi connectivity index (χ3n) is 2.03. The molecule has 0 spiro atoms. The molecule has 70 valence electrons. The normalized spacial score (nSPS) is 24.7. The van der Waals surface area contributed by atoms with Crippen LogP contribution in [0.3, 0.4) is 0 Å². The molecule has 1 fully saturated rings. The van der Waals surface area contributed by atoms with Gasteiger partial charge in [-0.25, -0.2) is 0 Å². The molecule has 0 saturated carbocycles. The summed E-state index contributed by atoms with van der Waals surface area (Å²) in [6.45, 7) is 8.95. The van der Waals surface area contributed by atoms with Gasteiger partial charge >= 0.3 is 0 Å². The molecule has 1 unspecified atom stereocenters. The molecule has 1 heterocycles. The Morgan fingerprint density at radius 2 is 2.08 bits per heavy atom. The van der Waals surface area contributed by atoms with Crippen LogP contribution < -0.4 is 0 Å². The van der Waals surface area contributed by atoms with Crippen LogP contribution in [0, 0.1) is 5.41 Å². The van der Waals surface area contributed by atoms with Gasteiger partial charge in [0.15, 0.2) is 0 Å². The molecule has 0 aliphatic carbocycles. The van der Waals surface area contributed by atoms with E-state index < -0.39 is 0 Å². The molecule has 1 aliphatic rings. The number of carbonyl (C=O) groups excluding carboxylic acids is 1. The van der Waals surface area contributed by atoms with E-state index in [1.54, 1.807) is 0 Å². The van der Waals surface area contributed by atoms with Crippen LogP contribution >= 0.6 is 11.8 Å². The smallest absolute Gasteiger partial charge is 0.228 e. The van der Waals surface area contributed by atoms with Crippen LogP contribution in [0.25, 0.3) is 0 Å². The maximum Gasteiger partial charge on any atom is 0.228 e. The highest BCUT2D eigenvalue weighted by Gasteiger charge is 2.32. The lowest BCUT2D eigenvalue weighted by atomic mass is 9.95. The van der Waals surface area contributed by atoms with Gasteiger partial charge in [-0.05, 0) is 6.92 Å². The van der Waals surface area contributed by atoms with Gasteiger partial charge in [0, 0.05) is 17.7 Å². The third kappa shape index (κ3) is 1.94. The molecule has 3 heteroatoms. The number of hydrogen-bond donors (Lipinski definition) is 0. The Bertz CT molecular complexity index is 185. The number of rotatable bonds is 0. The van der Waals surface area contributed by atoms with Crippen molar-refractivity contribution in [3.63, 3.8) is 0 Å². The van der Waals surface area contributed by atoms with E-state index in [0.717, 1.165) is 12.3 Å². The second-order valence-corrected chi connectivity index (χ2v) is 5.64. The number of hydrogen-bond acceptors (Lipinski definition) is 2. The second kappa shape index (κ2) is 3.29. The minimum Gasteiger partial charge on any atom is -0.330 e. The topological polar surface area (TPSA) is 20.3 Å². The van der Waals surface area contributed by atoms with Gasteiger partial charge in [0.1, 0.15) is 0 Å². The van der Waals surface area contributed by atoms with Gasteiger partial charge in [0.05, 0.1) is 5.37 Å². The van der Waals surface area contributed by atoms with Crippen LogP contribution in [0.4, 0.5) is 0 Å². The van der Waals surface area contributed by atoms with E-state index in [9.17, 15) is 4.79 Å². The summed E-state index contributed by atoms with van der Waals surface area (Å²) in [7, 11) is 0. The average Bonchev–Trinajstić information content (AvgIpc) is 2.31. The lowest BCUT2D eigenvalue weighted by Crippen LogP contribution is -2.40. The first-order valence-electron chi connectivity index (χ1n) is 4.35. The molecule has 0 radical (unpaired) electrons. The molecule has 2 nitrogen and oxygen atoms in total. The van der Waals surface area contributed by atoms with Crippen LogP contribution in [0.5, 0.6) is 0 Å². The van der Waals surface area contributed by atoms with Crippen LogP contribution in [0.2, 0.25) is 0 Å². The minimum absolute atomic E-state index is 0.223. The maximum absolute atomic E-state index is 11.8.